The van der Waals surface area contributed by atoms with Crippen molar-refractivity contribution in [2.24, 2.45) is 0 Å². The summed E-state index contributed by atoms with van der Waals surface area (Å²) in [5, 5.41) is 9.21. The zero-order chi connectivity index (χ0) is 14.1. The summed E-state index contributed by atoms with van der Waals surface area (Å²) in [6.45, 7) is 0. The van der Waals surface area contributed by atoms with Crippen molar-refractivity contribution in [3.05, 3.63) is 65.2 Å². The number of hydrogen-bond acceptors (Lipinski definition) is 3. The van der Waals surface area contributed by atoms with E-state index in [0.29, 0.717) is 16.9 Å². The predicted molar refractivity (Wildman–Crippen MR) is 77.4 cm³/mol. The van der Waals surface area contributed by atoms with Crippen molar-refractivity contribution in [2.75, 3.05) is 5.75 Å². The van der Waals surface area contributed by atoms with Crippen LogP contribution in [0.3, 0.4) is 0 Å². The van der Waals surface area contributed by atoms with Gasteiger partial charge in [0.1, 0.15) is 0 Å². The van der Waals surface area contributed by atoms with Gasteiger partial charge in [-0.2, -0.15) is 0 Å². The molecule has 2 aromatic carbocycles. The Morgan fingerprint density at radius 2 is 1.80 bits per heavy atom. The highest BCUT2D eigenvalue weighted by Gasteiger charge is 2.29. The lowest BCUT2D eigenvalue weighted by molar-refractivity contribution is -0.138. The summed E-state index contributed by atoms with van der Waals surface area (Å²) < 4.78 is 0. The molecule has 3 nitrogen and oxygen atoms in total. The summed E-state index contributed by atoms with van der Waals surface area (Å²) in [5.74, 6) is -0.887. The molecule has 1 aliphatic rings. The highest BCUT2D eigenvalue weighted by Crippen LogP contribution is 2.40. The molecule has 0 saturated heterocycles. The number of benzene rings is 2. The third kappa shape index (κ3) is 2.23. The second-order valence-electron chi connectivity index (χ2n) is 4.65. The van der Waals surface area contributed by atoms with Crippen LogP contribution in [0.4, 0.5) is 0 Å². The molecule has 0 aliphatic carbocycles. The van der Waals surface area contributed by atoms with Gasteiger partial charge in [-0.25, -0.2) is 0 Å². The molecule has 0 unspecified atom stereocenters. The Kier molecular flexibility index (Phi) is 3.32. The molecule has 1 heterocycles. The van der Waals surface area contributed by atoms with Gasteiger partial charge in [0.15, 0.2) is 5.78 Å². The molecule has 0 saturated carbocycles. The van der Waals surface area contributed by atoms with Crippen molar-refractivity contribution in [1.29, 1.82) is 0 Å². The SMILES string of the molecule is O=C(c1ccccc1)c1ccc2c(c1)[C@@H](C(=O)O)CS2. The van der Waals surface area contributed by atoms with Crippen molar-refractivity contribution in [3.63, 3.8) is 0 Å². The van der Waals surface area contributed by atoms with Crippen LogP contribution in [0.5, 0.6) is 0 Å². The first-order valence-electron chi connectivity index (χ1n) is 6.26. The molecule has 0 amide bonds. The highest BCUT2D eigenvalue weighted by molar-refractivity contribution is 7.99. The molecule has 100 valence electrons. The van der Waals surface area contributed by atoms with E-state index in [4.69, 9.17) is 0 Å². The Bertz CT molecular complexity index is 679. The molecule has 1 atom stereocenters. The Morgan fingerprint density at radius 3 is 2.50 bits per heavy atom. The molecule has 20 heavy (non-hydrogen) atoms. The van der Waals surface area contributed by atoms with Crippen molar-refractivity contribution in [1.82, 2.24) is 0 Å². The highest BCUT2D eigenvalue weighted by atomic mass is 32.2. The van der Waals surface area contributed by atoms with Gasteiger partial charge in [0, 0.05) is 21.8 Å². The van der Waals surface area contributed by atoms with Crippen molar-refractivity contribution >= 4 is 23.5 Å². The van der Waals surface area contributed by atoms with Gasteiger partial charge in [-0.05, 0) is 23.8 Å². The maximum Gasteiger partial charge on any atom is 0.311 e. The van der Waals surface area contributed by atoms with Crippen LogP contribution in [-0.4, -0.2) is 22.6 Å². The summed E-state index contributed by atoms with van der Waals surface area (Å²) in [7, 11) is 0. The maximum absolute atomic E-state index is 12.4. The van der Waals surface area contributed by atoms with Crippen LogP contribution in [0.15, 0.2) is 53.4 Å². The second kappa shape index (κ2) is 5.13. The normalized spacial score (nSPS) is 16.7. The Hall–Kier alpha value is -2.07. The zero-order valence-corrected chi connectivity index (χ0v) is 11.4. The number of ketones is 1. The van der Waals surface area contributed by atoms with E-state index in [1.807, 2.05) is 24.3 Å². The summed E-state index contributed by atoms with van der Waals surface area (Å²) >= 11 is 1.53. The van der Waals surface area contributed by atoms with E-state index in [9.17, 15) is 14.7 Å². The number of carbonyl (C=O) groups excluding carboxylic acids is 1. The van der Waals surface area contributed by atoms with Gasteiger partial charge in [-0.1, -0.05) is 30.3 Å². The van der Waals surface area contributed by atoms with Gasteiger partial charge in [0.25, 0.3) is 0 Å². The fourth-order valence-corrected chi connectivity index (χ4v) is 3.52. The van der Waals surface area contributed by atoms with Gasteiger partial charge in [0.2, 0.25) is 0 Å². The predicted octanol–water partition coefficient (Wildman–Crippen LogP) is 3.19. The molecule has 0 radical (unpaired) electrons. The average Bonchev–Trinajstić information content (AvgIpc) is 2.90. The van der Waals surface area contributed by atoms with E-state index in [0.717, 1.165) is 10.5 Å². The molecule has 4 heteroatoms. The molecule has 3 rings (SSSR count). The van der Waals surface area contributed by atoms with Crippen LogP contribution in [0.25, 0.3) is 0 Å². The Labute approximate surface area is 120 Å². The first-order valence-corrected chi connectivity index (χ1v) is 7.24. The number of fused-ring (bicyclic) bond motifs is 1. The minimum absolute atomic E-state index is 0.0746. The maximum atomic E-state index is 12.4. The monoisotopic (exact) mass is 284 g/mol. The molecule has 0 aromatic heterocycles. The number of hydrogen-bond donors (Lipinski definition) is 1. The minimum Gasteiger partial charge on any atom is -0.481 e. The fraction of sp³-hybridized carbons (Fsp3) is 0.125. The van der Waals surface area contributed by atoms with Gasteiger partial charge >= 0.3 is 5.97 Å². The quantitative estimate of drug-likeness (QED) is 0.879. The number of thioether (sulfide) groups is 1. The molecule has 1 N–H and O–H groups in total. The third-order valence-electron chi connectivity index (χ3n) is 3.39. The van der Waals surface area contributed by atoms with Crippen molar-refractivity contribution < 1.29 is 14.7 Å². The number of carboxylic acid groups (broad SMARTS) is 1. The van der Waals surface area contributed by atoms with Crippen LogP contribution < -0.4 is 0 Å². The lowest BCUT2D eigenvalue weighted by Gasteiger charge is -2.07. The molecule has 2 aromatic rings. The first kappa shape index (κ1) is 12.9. The van der Waals surface area contributed by atoms with E-state index in [2.05, 4.69) is 0 Å². The average molecular weight is 284 g/mol. The standard InChI is InChI=1S/C16H12O3S/c17-15(10-4-2-1-3-5-10)11-6-7-14-12(8-11)13(9-20-14)16(18)19/h1-8,13H,9H2,(H,18,19)/t13-/m0/s1. The zero-order valence-electron chi connectivity index (χ0n) is 10.6. The molecule has 0 fully saturated rings. The summed E-state index contributed by atoms with van der Waals surface area (Å²) in [4.78, 5) is 24.5. The van der Waals surface area contributed by atoms with Crippen molar-refractivity contribution in [2.45, 2.75) is 10.8 Å². The molecule has 0 bridgehead atoms. The summed E-state index contributed by atoms with van der Waals surface area (Å²) in [6, 6.07) is 14.4. The lowest BCUT2D eigenvalue weighted by Crippen LogP contribution is -2.11. The molecular formula is C16H12O3S. The van der Waals surface area contributed by atoms with Crippen LogP contribution in [-0.2, 0) is 4.79 Å². The van der Waals surface area contributed by atoms with E-state index in [-0.39, 0.29) is 5.78 Å². The van der Waals surface area contributed by atoms with Crippen LogP contribution >= 0.6 is 11.8 Å². The van der Waals surface area contributed by atoms with E-state index < -0.39 is 11.9 Å². The number of aliphatic carboxylic acids is 1. The molecule has 0 spiro atoms. The van der Waals surface area contributed by atoms with E-state index in [1.54, 1.807) is 24.3 Å². The van der Waals surface area contributed by atoms with Gasteiger partial charge in [-0.3, -0.25) is 9.59 Å². The van der Waals surface area contributed by atoms with Gasteiger partial charge < -0.3 is 5.11 Å². The largest absolute Gasteiger partial charge is 0.481 e. The Balaban J connectivity index is 1.99. The number of rotatable bonds is 3. The van der Waals surface area contributed by atoms with Gasteiger partial charge in [-0.15, -0.1) is 11.8 Å². The lowest BCUT2D eigenvalue weighted by atomic mass is 9.96. The summed E-state index contributed by atoms with van der Waals surface area (Å²) in [6.07, 6.45) is 0. The number of carboxylic acids is 1. The van der Waals surface area contributed by atoms with E-state index in [1.165, 1.54) is 11.8 Å². The minimum atomic E-state index is -0.833. The third-order valence-corrected chi connectivity index (χ3v) is 4.57. The van der Waals surface area contributed by atoms with Crippen molar-refractivity contribution in [3.8, 4) is 0 Å². The fourth-order valence-electron chi connectivity index (χ4n) is 2.32. The topological polar surface area (TPSA) is 54.4 Å². The van der Waals surface area contributed by atoms with Crippen LogP contribution in [0.2, 0.25) is 0 Å². The Morgan fingerprint density at radius 1 is 1.05 bits per heavy atom. The van der Waals surface area contributed by atoms with Crippen LogP contribution in [0, 0.1) is 0 Å². The molecule has 1 aliphatic heterocycles. The summed E-state index contributed by atoms with van der Waals surface area (Å²) in [5.41, 5.74) is 1.91. The first-order chi connectivity index (χ1) is 9.66. The second-order valence-corrected chi connectivity index (χ2v) is 5.71. The van der Waals surface area contributed by atoms with Gasteiger partial charge in [0.05, 0.1) is 5.92 Å². The number of carbonyl (C=O) groups is 2. The molecular weight excluding hydrogens is 272 g/mol. The van der Waals surface area contributed by atoms with E-state index >= 15 is 0 Å². The smallest absolute Gasteiger partial charge is 0.311 e. The van der Waals surface area contributed by atoms with Crippen LogP contribution in [0.1, 0.15) is 27.4 Å².